The molecule has 0 spiro atoms. The average molecular weight is 517 g/mol. The highest BCUT2D eigenvalue weighted by Crippen LogP contribution is 2.27. The number of halogens is 1. The standard InChI is InChI=1S/C28H37ClN2O5/c1-28(2,3)36-27(33)30-15-9-4-5-10-17-34-22-13-14-23(24(29)19-22)26(32)31-16-18-35-25(20-31)21-11-7-6-8-12-21/h6-8,11-14,19,25H,4-5,9-10,15-18,20H2,1-3H3,(H,30,33). The van der Waals surface area contributed by atoms with Gasteiger partial charge in [-0.05, 0) is 57.4 Å². The summed E-state index contributed by atoms with van der Waals surface area (Å²) in [4.78, 5) is 26.5. The van der Waals surface area contributed by atoms with E-state index >= 15 is 0 Å². The largest absolute Gasteiger partial charge is 0.494 e. The number of hydrogen-bond acceptors (Lipinski definition) is 5. The summed E-state index contributed by atoms with van der Waals surface area (Å²) in [5.74, 6) is 0.544. The predicted molar refractivity (Wildman–Crippen MR) is 141 cm³/mol. The van der Waals surface area contributed by atoms with Crippen molar-refractivity contribution in [1.82, 2.24) is 10.2 Å². The number of carbonyl (C=O) groups is 2. The third-order valence-corrected chi connectivity index (χ3v) is 6.02. The quantitative estimate of drug-likeness (QED) is 0.391. The molecule has 1 N–H and O–H groups in total. The maximum atomic E-state index is 13.1. The minimum atomic E-state index is -0.482. The molecule has 8 heteroatoms. The molecule has 0 saturated carbocycles. The Morgan fingerprint density at radius 2 is 1.83 bits per heavy atom. The summed E-state index contributed by atoms with van der Waals surface area (Å²) >= 11 is 6.46. The van der Waals surface area contributed by atoms with Crippen LogP contribution in [0.25, 0.3) is 0 Å². The van der Waals surface area contributed by atoms with Crippen LogP contribution >= 0.6 is 11.6 Å². The Bertz CT molecular complexity index is 993. The van der Waals surface area contributed by atoms with E-state index in [0.717, 1.165) is 31.2 Å². The fourth-order valence-electron chi connectivity index (χ4n) is 3.91. The fraction of sp³-hybridized carbons (Fsp3) is 0.500. The molecule has 2 aromatic carbocycles. The van der Waals surface area contributed by atoms with Gasteiger partial charge in [0.05, 0.1) is 30.3 Å². The number of ether oxygens (including phenoxy) is 3. The van der Waals surface area contributed by atoms with Crippen molar-refractivity contribution < 1.29 is 23.8 Å². The second-order valence-corrected chi connectivity index (χ2v) is 10.3. The number of hydrogen-bond donors (Lipinski definition) is 1. The van der Waals surface area contributed by atoms with E-state index in [2.05, 4.69) is 5.32 Å². The van der Waals surface area contributed by atoms with Gasteiger partial charge >= 0.3 is 6.09 Å². The van der Waals surface area contributed by atoms with Gasteiger partial charge in [0.25, 0.3) is 5.91 Å². The molecule has 36 heavy (non-hydrogen) atoms. The molecule has 196 valence electrons. The Hall–Kier alpha value is -2.77. The Labute approximate surface area is 219 Å². The van der Waals surface area contributed by atoms with Crippen molar-refractivity contribution >= 4 is 23.6 Å². The minimum absolute atomic E-state index is 0.101. The summed E-state index contributed by atoms with van der Waals surface area (Å²) in [5.41, 5.74) is 1.04. The van der Waals surface area contributed by atoms with Crippen LogP contribution in [0, 0.1) is 0 Å². The van der Waals surface area contributed by atoms with Crippen molar-refractivity contribution in [2.24, 2.45) is 0 Å². The second-order valence-electron chi connectivity index (χ2n) is 9.85. The molecule has 2 aromatic rings. The van der Waals surface area contributed by atoms with Gasteiger partial charge in [-0.25, -0.2) is 4.79 Å². The second kappa shape index (κ2) is 13.5. The van der Waals surface area contributed by atoms with Gasteiger partial charge in [-0.1, -0.05) is 54.8 Å². The number of nitrogens with one attached hydrogen (secondary N) is 1. The zero-order valence-corrected chi connectivity index (χ0v) is 22.2. The summed E-state index contributed by atoms with van der Waals surface area (Å²) in [6.07, 6.45) is 3.22. The van der Waals surface area contributed by atoms with E-state index in [1.807, 2.05) is 51.1 Å². The lowest BCUT2D eigenvalue weighted by Gasteiger charge is -2.33. The molecule has 1 fully saturated rings. The molecule has 7 nitrogen and oxygen atoms in total. The fourth-order valence-corrected chi connectivity index (χ4v) is 4.16. The van der Waals surface area contributed by atoms with Crippen molar-refractivity contribution in [3.8, 4) is 5.75 Å². The molecule has 2 amide bonds. The topological polar surface area (TPSA) is 77.1 Å². The van der Waals surface area contributed by atoms with Crippen molar-refractivity contribution in [1.29, 1.82) is 0 Å². The number of alkyl carbamates (subject to hydrolysis) is 1. The number of amides is 2. The van der Waals surface area contributed by atoms with Gasteiger partial charge in [0.2, 0.25) is 0 Å². The van der Waals surface area contributed by atoms with Gasteiger partial charge in [0.15, 0.2) is 0 Å². The van der Waals surface area contributed by atoms with Crippen molar-refractivity contribution in [3.05, 3.63) is 64.7 Å². The van der Waals surface area contributed by atoms with Gasteiger partial charge < -0.3 is 24.4 Å². The molecule has 1 saturated heterocycles. The molecular weight excluding hydrogens is 480 g/mol. The molecule has 1 aliphatic heterocycles. The molecule has 0 radical (unpaired) electrons. The summed E-state index contributed by atoms with van der Waals surface area (Å²) in [5, 5.41) is 3.15. The Morgan fingerprint density at radius 3 is 2.56 bits per heavy atom. The van der Waals surface area contributed by atoms with Crippen LogP contribution in [-0.2, 0) is 9.47 Å². The number of rotatable bonds is 10. The van der Waals surface area contributed by atoms with Crippen LogP contribution in [0.5, 0.6) is 5.75 Å². The zero-order valence-electron chi connectivity index (χ0n) is 21.4. The van der Waals surface area contributed by atoms with E-state index in [1.165, 1.54) is 0 Å². The van der Waals surface area contributed by atoms with Crippen LogP contribution in [-0.4, -0.2) is 55.3 Å². The Kier molecular flexibility index (Phi) is 10.4. The first-order chi connectivity index (χ1) is 17.2. The van der Waals surface area contributed by atoms with Crippen LogP contribution < -0.4 is 10.1 Å². The van der Waals surface area contributed by atoms with E-state index in [-0.39, 0.29) is 18.1 Å². The average Bonchev–Trinajstić information content (AvgIpc) is 2.85. The van der Waals surface area contributed by atoms with Crippen molar-refractivity contribution in [2.45, 2.75) is 58.2 Å². The monoisotopic (exact) mass is 516 g/mol. The third kappa shape index (κ3) is 9.03. The number of nitrogens with zero attached hydrogens (tertiary/aromatic N) is 1. The van der Waals surface area contributed by atoms with Gasteiger partial charge in [-0.2, -0.15) is 0 Å². The van der Waals surface area contributed by atoms with Crippen LogP contribution in [0.4, 0.5) is 4.79 Å². The molecule has 1 unspecified atom stereocenters. The number of morpholine rings is 1. The number of unbranched alkanes of at least 4 members (excludes halogenated alkanes) is 3. The highest BCUT2D eigenvalue weighted by atomic mass is 35.5. The SMILES string of the molecule is CC(C)(C)OC(=O)NCCCCCCOc1ccc(C(=O)N2CCOC(c3ccccc3)C2)c(Cl)c1. The third-order valence-electron chi connectivity index (χ3n) is 5.70. The van der Waals surface area contributed by atoms with Crippen molar-refractivity contribution in [2.75, 3.05) is 32.8 Å². The molecule has 0 aromatic heterocycles. The van der Waals surface area contributed by atoms with Gasteiger partial charge in [-0.15, -0.1) is 0 Å². The number of carbonyl (C=O) groups excluding carboxylic acids is 2. The minimum Gasteiger partial charge on any atom is -0.494 e. The first-order valence-electron chi connectivity index (χ1n) is 12.6. The molecule has 0 bridgehead atoms. The summed E-state index contributed by atoms with van der Waals surface area (Å²) < 4.78 is 16.9. The molecule has 1 heterocycles. The van der Waals surface area contributed by atoms with Crippen LogP contribution in [0.3, 0.4) is 0 Å². The van der Waals surface area contributed by atoms with Gasteiger partial charge in [0.1, 0.15) is 17.5 Å². The summed E-state index contributed by atoms with van der Waals surface area (Å²) in [7, 11) is 0. The first kappa shape index (κ1) is 27.8. The lowest BCUT2D eigenvalue weighted by Crippen LogP contribution is -2.42. The van der Waals surface area contributed by atoms with E-state index in [9.17, 15) is 9.59 Å². The molecule has 3 rings (SSSR count). The van der Waals surface area contributed by atoms with E-state index < -0.39 is 5.60 Å². The summed E-state index contributed by atoms with van der Waals surface area (Å²) in [6, 6.07) is 15.2. The van der Waals surface area contributed by atoms with Gasteiger partial charge in [0, 0.05) is 13.1 Å². The van der Waals surface area contributed by atoms with E-state index in [1.54, 1.807) is 23.1 Å². The molecular formula is C28H37ClN2O5. The Morgan fingerprint density at radius 1 is 1.08 bits per heavy atom. The lowest BCUT2D eigenvalue weighted by molar-refractivity contribution is -0.0228. The maximum absolute atomic E-state index is 13.1. The highest BCUT2D eigenvalue weighted by Gasteiger charge is 2.27. The van der Waals surface area contributed by atoms with E-state index in [4.69, 9.17) is 25.8 Å². The van der Waals surface area contributed by atoms with Crippen LogP contribution in [0.2, 0.25) is 5.02 Å². The highest BCUT2D eigenvalue weighted by molar-refractivity contribution is 6.34. The van der Waals surface area contributed by atoms with E-state index in [0.29, 0.717) is 49.2 Å². The smallest absolute Gasteiger partial charge is 0.407 e. The van der Waals surface area contributed by atoms with Crippen molar-refractivity contribution in [3.63, 3.8) is 0 Å². The lowest BCUT2D eigenvalue weighted by atomic mass is 10.1. The molecule has 1 atom stereocenters. The normalized spacial score (nSPS) is 15.9. The first-order valence-corrected chi connectivity index (χ1v) is 13.0. The van der Waals surface area contributed by atoms with Gasteiger partial charge in [-0.3, -0.25) is 4.79 Å². The molecule has 1 aliphatic rings. The van der Waals surface area contributed by atoms with Crippen LogP contribution in [0.1, 0.15) is 68.5 Å². The number of benzene rings is 2. The summed E-state index contributed by atoms with van der Waals surface area (Å²) in [6.45, 7) is 8.20. The van der Waals surface area contributed by atoms with Crippen LogP contribution in [0.15, 0.2) is 48.5 Å². The molecule has 0 aliphatic carbocycles. The predicted octanol–water partition coefficient (Wildman–Crippen LogP) is 6.02. The zero-order chi connectivity index (χ0) is 26.0. The Balaban J connectivity index is 1.37. The maximum Gasteiger partial charge on any atom is 0.407 e.